The van der Waals surface area contributed by atoms with Crippen molar-refractivity contribution in [1.29, 1.82) is 0 Å². The second-order valence-corrected chi connectivity index (χ2v) is 6.62. The minimum atomic E-state index is -0.549. The van der Waals surface area contributed by atoms with Gasteiger partial charge in [0.1, 0.15) is 11.6 Å². The van der Waals surface area contributed by atoms with Gasteiger partial charge in [-0.25, -0.2) is 8.78 Å². The Morgan fingerprint density at radius 1 is 1.04 bits per heavy atom. The van der Waals surface area contributed by atoms with E-state index in [1.54, 1.807) is 4.90 Å². The van der Waals surface area contributed by atoms with Gasteiger partial charge in [0.25, 0.3) is 5.91 Å². The molecule has 136 valence electrons. The van der Waals surface area contributed by atoms with Crippen molar-refractivity contribution in [2.24, 2.45) is 5.92 Å². The van der Waals surface area contributed by atoms with Crippen LogP contribution in [0.4, 0.5) is 14.5 Å². The third kappa shape index (κ3) is 4.19. The number of anilines is 1. The van der Waals surface area contributed by atoms with E-state index in [0.717, 1.165) is 0 Å². The van der Waals surface area contributed by atoms with E-state index < -0.39 is 11.6 Å². The van der Waals surface area contributed by atoms with Gasteiger partial charge in [-0.1, -0.05) is 11.6 Å². The van der Waals surface area contributed by atoms with Gasteiger partial charge in [0, 0.05) is 29.6 Å². The van der Waals surface area contributed by atoms with Crippen LogP contribution in [0.2, 0.25) is 5.02 Å². The Labute approximate surface area is 154 Å². The van der Waals surface area contributed by atoms with E-state index in [2.05, 4.69) is 5.32 Å². The molecular formula is C19H17ClF2N2O2. The van der Waals surface area contributed by atoms with Gasteiger partial charge in [-0.3, -0.25) is 9.59 Å². The van der Waals surface area contributed by atoms with Gasteiger partial charge in [-0.15, -0.1) is 0 Å². The lowest BCUT2D eigenvalue weighted by Crippen LogP contribution is -2.41. The molecule has 0 bridgehead atoms. The third-order valence-electron chi connectivity index (χ3n) is 4.43. The minimum Gasteiger partial charge on any atom is -0.339 e. The molecule has 7 heteroatoms. The topological polar surface area (TPSA) is 49.4 Å². The molecule has 0 saturated carbocycles. The van der Waals surface area contributed by atoms with Gasteiger partial charge in [-0.2, -0.15) is 0 Å². The lowest BCUT2D eigenvalue weighted by molar-refractivity contribution is -0.121. The summed E-state index contributed by atoms with van der Waals surface area (Å²) in [5.41, 5.74) is 0.461. The van der Waals surface area contributed by atoms with E-state index in [1.165, 1.54) is 42.5 Å². The van der Waals surface area contributed by atoms with Crippen molar-refractivity contribution in [3.8, 4) is 0 Å². The maximum absolute atomic E-state index is 13.7. The first-order valence-corrected chi connectivity index (χ1v) is 8.62. The predicted octanol–water partition coefficient (Wildman–Crippen LogP) is 4.11. The van der Waals surface area contributed by atoms with E-state index in [4.69, 9.17) is 11.6 Å². The predicted molar refractivity (Wildman–Crippen MR) is 95.1 cm³/mol. The summed E-state index contributed by atoms with van der Waals surface area (Å²) in [7, 11) is 0. The highest BCUT2D eigenvalue weighted by molar-refractivity contribution is 6.30. The van der Waals surface area contributed by atoms with Crippen LogP contribution >= 0.6 is 11.6 Å². The molecule has 1 N–H and O–H groups in total. The number of halogens is 3. The van der Waals surface area contributed by atoms with Crippen LogP contribution in [0.1, 0.15) is 23.2 Å². The van der Waals surface area contributed by atoms with Gasteiger partial charge in [-0.05, 0) is 55.3 Å². The second kappa shape index (κ2) is 7.83. The Bertz CT molecular complexity index is 819. The quantitative estimate of drug-likeness (QED) is 0.873. The Kier molecular flexibility index (Phi) is 5.52. The van der Waals surface area contributed by atoms with Gasteiger partial charge in [0.05, 0.1) is 5.69 Å². The van der Waals surface area contributed by atoms with Crippen molar-refractivity contribution >= 4 is 29.1 Å². The molecule has 0 aliphatic carbocycles. The van der Waals surface area contributed by atoms with Crippen LogP contribution in [0.25, 0.3) is 0 Å². The molecule has 2 aromatic rings. The first kappa shape index (κ1) is 18.3. The lowest BCUT2D eigenvalue weighted by Gasteiger charge is -2.31. The molecular weight excluding hydrogens is 362 g/mol. The fourth-order valence-corrected chi connectivity index (χ4v) is 3.12. The summed E-state index contributed by atoms with van der Waals surface area (Å²) in [5.74, 6) is -1.74. The molecule has 0 radical (unpaired) electrons. The number of amides is 2. The number of carbonyl (C=O) groups excluding carboxylic acids is 2. The summed E-state index contributed by atoms with van der Waals surface area (Å²) >= 11 is 5.82. The second-order valence-electron chi connectivity index (χ2n) is 6.19. The molecule has 1 aliphatic heterocycles. The van der Waals surface area contributed by atoms with Crippen molar-refractivity contribution in [1.82, 2.24) is 4.90 Å². The highest BCUT2D eigenvalue weighted by atomic mass is 35.5. The standard InChI is InChI=1S/C19H17ClF2N2O2/c20-14-3-6-16(22)17(11-14)23-18(25)12-7-9-24(10-8-12)19(26)13-1-4-15(21)5-2-13/h1-6,11-12H,7-10H2,(H,23,25). The van der Waals surface area contributed by atoms with Gasteiger partial charge < -0.3 is 10.2 Å². The monoisotopic (exact) mass is 378 g/mol. The average Bonchev–Trinajstić information content (AvgIpc) is 2.65. The zero-order valence-corrected chi connectivity index (χ0v) is 14.6. The highest BCUT2D eigenvalue weighted by Gasteiger charge is 2.28. The number of rotatable bonds is 3. The third-order valence-corrected chi connectivity index (χ3v) is 4.67. The fourth-order valence-electron chi connectivity index (χ4n) is 2.95. The van der Waals surface area contributed by atoms with Crippen molar-refractivity contribution in [3.05, 3.63) is 64.7 Å². The Hall–Kier alpha value is -2.47. The molecule has 1 fully saturated rings. The molecule has 3 rings (SSSR count). The molecule has 1 heterocycles. The zero-order valence-electron chi connectivity index (χ0n) is 13.8. The van der Waals surface area contributed by atoms with Crippen molar-refractivity contribution in [2.75, 3.05) is 18.4 Å². The summed E-state index contributed by atoms with van der Waals surface area (Å²) in [6.45, 7) is 0.818. The molecule has 1 saturated heterocycles. The van der Waals surface area contributed by atoms with Crippen molar-refractivity contribution in [2.45, 2.75) is 12.8 Å². The van der Waals surface area contributed by atoms with E-state index in [-0.39, 0.29) is 23.4 Å². The average molecular weight is 379 g/mol. The molecule has 1 aliphatic rings. The van der Waals surface area contributed by atoms with Crippen LogP contribution in [0.15, 0.2) is 42.5 Å². The molecule has 0 spiro atoms. The zero-order chi connectivity index (χ0) is 18.7. The van der Waals surface area contributed by atoms with Crippen LogP contribution < -0.4 is 5.32 Å². The summed E-state index contributed by atoms with van der Waals surface area (Å²) in [6.07, 6.45) is 0.946. The van der Waals surface area contributed by atoms with Gasteiger partial charge in [0.2, 0.25) is 5.91 Å². The molecule has 0 aromatic heterocycles. The number of hydrogen-bond acceptors (Lipinski definition) is 2. The first-order chi connectivity index (χ1) is 12.4. The van der Waals surface area contributed by atoms with E-state index in [9.17, 15) is 18.4 Å². The summed E-state index contributed by atoms with van der Waals surface area (Å²) in [4.78, 5) is 26.4. The maximum atomic E-state index is 13.7. The number of carbonyl (C=O) groups is 2. The molecule has 4 nitrogen and oxygen atoms in total. The Morgan fingerprint density at radius 2 is 1.69 bits per heavy atom. The summed E-state index contributed by atoms with van der Waals surface area (Å²) in [5, 5.41) is 2.89. The highest BCUT2D eigenvalue weighted by Crippen LogP contribution is 2.24. The van der Waals surface area contributed by atoms with E-state index >= 15 is 0 Å². The van der Waals surface area contributed by atoms with Gasteiger partial charge >= 0.3 is 0 Å². The van der Waals surface area contributed by atoms with Gasteiger partial charge in [0.15, 0.2) is 0 Å². The first-order valence-electron chi connectivity index (χ1n) is 8.25. The number of benzene rings is 2. The normalized spacial score (nSPS) is 15.0. The Morgan fingerprint density at radius 3 is 2.35 bits per heavy atom. The smallest absolute Gasteiger partial charge is 0.253 e. The van der Waals surface area contributed by atoms with Crippen LogP contribution in [0.5, 0.6) is 0 Å². The van der Waals surface area contributed by atoms with Crippen LogP contribution in [0, 0.1) is 17.6 Å². The SMILES string of the molecule is O=C(Nc1cc(Cl)ccc1F)C1CCN(C(=O)c2ccc(F)cc2)CC1. The molecule has 2 amide bonds. The van der Waals surface area contributed by atoms with Crippen LogP contribution in [-0.4, -0.2) is 29.8 Å². The number of piperidine rings is 1. The van der Waals surface area contributed by atoms with Crippen LogP contribution in [-0.2, 0) is 4.79 Å². The number of nitrogens with one attached hydrogen (secondary N) is 1. The van der Waals surface area contributed by atoms with E-state index in [1.807, 2.05) is 0 Å². The lowest BCUT2D eigenvalue weighted by atomic mass is 9.95. The van der Waals surface area contributed by atoms with Crippen LogP contribution in [0.3, 0.4) is 0 Å². The number of nitrogens with zero attached hydrogens (tertiary/aromatic N) is 1. The van der Waals surface area contributed by atoms with Crippen molar-refractivity contribution in [3.63, 3.8) is 0 Å². The number of hydrogen-bond donors (Lipinski definition) is 1. The maximum Gasteiger partial charge on any atom is 0.253 e. The molecule has 0 atom stereocenters. The molecule has 2 aromatic carbocycles. The summed E-state index contributed by atoms with van der Waals surface area (Å²) in [6, 6.07) is 9.34. The van der Waals surface area contributed by atoms with Crippen molar-refractivity contribution < 1.29 is 18.4 Å². The van der Waals surface area contributed by atoms with E-state index in [0.29, 0.717) is 36.5 Å². The summed E-state index contributed by atoms with van der Waals surface area (Å²) < 4.78 is 26.7. The largest absolute Gasteiger partial charge is 0.339 e. The number of likely N-dealkylation sites (tertiary alicyclic amines) is 1. The molecule has 26 heavy (non-hydrogen) atoms. The molecule has 0 unspecified atom stereocenters. The fraction of sp³-hybridized carbons (Fsp3) is 0.263. The minimum absolute atomic E-state index is 0.0484. The Balaban J connectivity index is 1.57.